The summed E-state index contributed by atoms with van der Waals surface area (Å²) >= 11 is 0. The third-order valence-electron chi connectivity index (χ3n) is 3.09. The summed E-state index contributed by atoms with van der Waals surface area (Å²) in [5, 5.41) is 6.38. The quantitative estimate of drug-likeness (QED) is 0.795. The molecule has 6 heteroatoms. The number of aromatic nitrogens is 2. The monoisotopic (exact) mass is 283 g/mol. The Bertz CT molecular complexity index is 730. The van der Waals surface area contributed by atoms with Crippen LogP contribution in [0.2, 0.25) is 0 Å². The first kappa shape index (κ1) is 13.1. The molecule has 3 rings (SSSR count). The van der Waals surface area contributed by atoms with Gasteiger partial charge in [0.25, 0.3) is 5.91 Å². The Morgan fingerprint density at radius 3 is 2.81 bits per heavy atom. The molecular formula is C15H13N3O3. The van der Waals surface area contributed by atoms with Crippen LogP contribution in [0.3, 0.4) is 0 Å². The van der Waals surface area contributed by atoms with Crippen LogP contribution in [-0.4, -0.2) is 16.0 Å². The topological polar surface area (TPSA) is 81.2 Å². The molecule has 3 heterocycles. The first-order valence-electron chi connectivity index (χ1n) is 6.41. The Morgan fingerprint density at radius 2 is 2.19 bits per heavy atom. The highest BCUT2D eigenvalue weighted by molar-refractivity contribution is 5.94. The second-order valence-corrected chi connectivity index (χ2v) is 4.54. The Kier molecular flexibility index (Phi) is 3.51. The summed E-state index contributed by atoms with van der Waals surface area (Å²) in [6.07, 6.45) is 6.37. The fraction of sp³-hybridized carbons (Fsp3) is 0.133. The van der Waals surface area contributed by atoms with E-state index in [0.717, 1.165) is 16.8 Å². The second-order valence-electron chi connectivity index (χ2n) is 4.54. The van der Waals surface area contributed by atoms with Crippen LogP contribution in [-0.2, 0) is 6.54 Å². The highest BCUT2D eigenvalue weighted by atomic mass is 16.5. The summed E-state index contributed by atoms with van der Waals surface area (Å²) in [6, 6.07) is 5.64. The van der Waals surface area contributed by atoms with Gasteiger partial charge in [-0.3, -0.25) is 9.78 Å². The molecule has 1 amide bonds. The number of carbonyl (C=O) groups is 1. The molecule has 0 aliphatic carbocycles. The van der Waals surface area contributed by atoms with Gasteiger partial charge in [0.15, 0.2) is 0 Å². The highest BCUT2D eigenvalue weighted by Gasteiger charge is 2.12. The van der Waals surface area contributed by atoms with Crippen LogP contribution in [0.25, 0.3) is 11.3 Å². The Balaban J connectivity index is 1.64. The van der Waals surface area contributed by atoms with Gasteiger partial charge in [-0.2, -0.15) is 0 Å². The third-order valence-corrected chi connectivity index (χ3v) is 3.09. The van der Waals surface area contributed by atoms with E-state index in [-0.39, 0.29) is 5.91 Å². The minimum absolute atomic E-state index is 0.215. The van der Waals surface area contributed by atoms with Crippen molar-refractivity contribution in [2.24, 2.45) is 0 Å². The van der Waals surface area contributed by atoms with E-state index in [1.807, 2.05) is 18.2 Å². The van der Waals surface area contributed by atoms with Crippen LogP contribution in [0.5, 0.6) is 0 Å². The van der Waals surface area contributed by atoms with Gasteiger partial charge in [-0.1, -0.05) is 11.2 Å². The molecule has 0 saturated carbocycles. The molecule has 0 unspecified atom stereocenters. The number of nitrogens with one attached hydrogen (secondary N) is 1. The Labute approximate surface area is 120 Å². The Morgan fingerprint density at radius 1 is 1.29 bits per heavy atom. The second kappa shape index (κ2) is 5.62. The maximum atomic E-state index is 11.9. The van der Waals surface area contributed by atoms with E-state index in [1.165, 1.54) is 6.20 Å². The van der Waals surface area contributed by atoms with Crippen LogP contribution >= 0.6 is 0 Å². The zero-order chi connectivity index (χ0) is 14.7. The molecule has 0 fully saturated rings. The third kappa shape index (κ3) is 2.84. The van der Waals surface area contributed by atoms with Gasteiger partial charge in [0, 0.05) is 18.3 Å². The summed E-state index contributed by atoms with van der Waals surface area (Å²) in [6.45, 7) is 2.09. The molecule has 106 valence electrons. The van der Waals surface area contributed by atoms with Crippen molar-refractivity contribution in [3.05, 3.63) is 60.0 Å². The number of pyridine rings is 1. The summed E-state index contributed by atoms with van der Waals surface area (Å²) in [5.74, 6) is 0.286. The van der Waals surface area contributed by atoms with Crippen LogP contribution in [0.1, 0.15) is 21.7 Å². The number of hydrogen-bond donors (Lipinski definition) is 1. The molecule has 21 heavy (non-hydrogen) atoms. The van der Waals surface area contributed by atoms with Crippen molar-refractivity contribution in [2.45, 2.75) is 13.5 Å². The van der Waals surface area contributed by atoms with E-state index in [9.17, 15) is 4.79 Å². The summed E-state index contributed by atoms with van der Waals surface area (Å²) in [4.78, 5) is 16.2. The van der Waals surface area contributed by atoms with Crippen molar-refractivity contribution in [2.75, 3.05) is 0 Å². The van der Waals surface area contributed by atoms with Gasteiger partial charge < -0.3 is 14.3 Å². The fourth-order valence-corrected chi connectivity index (χ4v) is 1.90. The van der Waals surface area contributed by atoms with Crippen LogP contribution in [0, 0.1) is 6.92 Å². The first-order valence-corrected chi connectivity index (χ1v) is 6.41. The molecule has 1 N–H and O–H groups in total. The van der Waals surface area contributed by atoms with Gasteiger partial charge in [-0.05, 0) is 24.6 Å². The van der Waals surface area contributed by atoms with Gasteiger partial charge in [-0.15, -0.1) is 0 Å². The van der Waals surface area contributed by atoms with E-state index >= 15 is 0 Å². The van der Waals surface area contributed by atoms with Crippen molar-refractivity contribution in [1.29, 1.82) is 0 Å². The molecule has 0 atom stereocenters. The molecule has 0 aliphatic heterocycles. The SMILES string of the molecule is Cc1oncc1C(=O)NCc1ccc(-c2ccoc2)nc1. The number of aryl methyl sites for hydroxylation is 1. The summed E-state index contributed by atoms with van der Waals surface area (Å²) in [5.41, 5.74) is 3.10. The summed E-state index contributed by atoms with van der Waals surface area (Å²) in [7, 11) is 0. The standard InChI is InChI=1S/C15H13N3O3/c1-10-13(8-18-21-10)15(19)17-7-11-2-3-14(16-6-11)12-4-5-20-9-12/h2-6,8-9H,7H2,1H3,(H,17,19). The van der Waals surface area contributed by atoms with Crippen molar-refractivity contribution in [1.82, 2.24) is 15.5 Å². The van der Waals surface area contributed by atoms with Gasteiger partial charge in [0.2, 0.25) is 0 Å². The van der Waals surface area contributed by atoms with Gasteiger partial charge in [-0.25, -0.2) is 0 Å². The lowest BCUT2D eigenvalue weighted by atomic mass is 10.2. The average Bonchev–Trinajstić information content (AvgIpc) is 3.16. The predicted octanol–water partition coefficient (Wildman–Crippen LogP) is 2.57. The van der Waals surface area contributed by atoms with E-state index in [0.29, 0.717) is 17.9 Å². The van der Waals surface area contributed by atoms with E-state index in [4.69, 9.17) is 8.94 Å². The molecular weight excluding hydrogens is 270 g/mol. The van der Waals surface area contributed by atoms with Gasteiger partial charge in [0.05, 0.1) is 24.4 Å². The van der Waals surface area contributed by atoms with Crippen LogP contribution < -0.4 is 5.32 Å². The number of furan rings is 1. The molecule has 0 aliphatic rings. The number of rotatable bonds is 4. The molecule has 0 aromatic carbocycles. The minimum atomic E-state index is -0.215. The molecule has 0 spiro atoms. The molecule has 0 saturated heterocycles. The zero-order valence-electron chi connectivity index (χ0n) is 11.4. The molecule has 6 nitrogen and oxygen atoms in total. The van der Waals surface area contributed by atoms with Crippen LogP contribution in [0.4, 0.5) is 0 Å². The van der Waals surface area contributed by atoms with Crippen molar-refractivity contribution in [3.8, 4) is 11.3 Å². The normalized spacial score (nSPS) is 10.5. The van der Waals surface area contributed by atoms with Crippen molar-refractivity contribution >= 4 is 5.91 Å². The lowest BCUT2D eigenvalue weighted by Gasteiger charge is -2.04. The zero-order valence-corrected chi connectivity index (χ0v) is 11.4. The fourth-order valence-electron chi connectivity index (χ4n) is 1.90. The summed E-state index contributed by atoms with van der Waals surface area (Å²) < 4.78 is 9.88. The smallest absolute Gasteiger partial charge is 0.256 e. The lowest BCUT2D eigenvalue weighted by molar-refractivity contribution is 0.0949. The number of nitrogens with zero attached hydrogens (tertiary/aromatic N) is 2. The Hall–Kier alpha value is -2.89. The predicted molar refractivity (Wildman–Crippen MR) is 74.3 cm³/mol. The molecule has 0 radical (unpaired) electrons. The number of hydrogen-bond acceptors (Lipinski definition) is 5. The maximum Gasteiger partial charge on any atom is 0.256 e. The number of amides is 1. The highest BCUT2D eigenvalue weighted by Crippen LogP contribution is 2.17. The largest absolute Gasteiger partial charge is 0.472 e. The first-order chi connectivity index (χ1) is 10.2. The van der Waals surface area contributed by atoms with Crippen molar-refractivity contribution < 1.29 is 13.7 Å². The molecule has 0 bridgehead atoms. The minimum Gasteiger partial charge on any atom is -0.472 e. The van der Waals surface area contributed by atoms with E-state index in [1.54, 1.807) is 25.6 Å². The maximum absolute atomic E-state index is 11.9. The van der Waals surface area contributed by atoms with Crippen molar-refractivity contribution in [3.63, 3.8) is 0 Å². The molecule has 3 aromatic rings. The molecule has 3 aromatic heterocycles. The lowest BCUT2D eigenvalue weighted by Crippen LogP contribution is -2.23. The van der Waals surface area contributed by atoms with Crippen LogP contribution in [0.15, 0.2) is 52.1 Å². The van der Waals surface area contributed by atoms with Gasteiger partial charge >= 0.3 is 0 Å². The number of carbonyl (C=O) groups excluding carboxylic acids is 1. The van der Waals surface area contributed by atoms with Gasteiger partial charge in [0.1, 0.15) is 11.3 Å². The van der Waals surface area contributed by atoms with E-state index in [2.05, 4.69) is 15.5 Å². The average molecular weight is 283 g/mol. The van der Waals surface area contributed by atoms with E-state index < -0.39 is 0 Å².